The van der Waals surface area contributed by atoms with Crippen LogP contribution in [0.5, 0.6) is 0 Å². The van der Waals surface area contributed by atoms with Crippen LogP contribution in [-0.2, 0) is 6.54 Å². The van der Waals surface area contributed by atoms with Crippen molar-refractivity contribution >= 4 is 11.5 Å². The Morgan fingerprint density at radius 3 is 2.74 bits per heavy atom. The second-order valence-corrected chi connectivity index (χ2v) is 4.22. The zero-order valence-corrected chi connectivity index (χ0v) is 10.7. The van der Waals surface area contributed by atoms with Gasteiger partial charge in [0.05, 0.1) is 11.9 Å². The fraction of sp³-hybridized carbons (Fsp3) is 0.143. The van der Waals surface area contributed by atoms with E-state index >= 15 is 0 Å². The van der Waals surface area contributed by atoms with Crippen molar-refractivity contribution in [2.24, 2.45) is 10.9 Å². The van der Waals surface area contributed by atoms with E-state index in [4.69, 9.17) is 10.9 Å². The van der Waals surface area contributed by atoms with E-state index in [0.29, 0.717) is 5.56 Å². The summed E-state index contributed by atoms with van der Waals surface area (Å²) in [6.45, 7) is 0.720. The van der Waals surface area contributed by atoms with Crippen molar-refractivity contribution in [3.8, 4) is 0 Å². The Kier molecular flexibility index (Phi) is 3.97. The van der Waals surface area contributed by atoms with Gasteiger partial charge in [-0.15, -0.1) is 0 Å². The number of nitrogens with two attached hydrogens (primary N) is 1. The van der Waals surface area contributed by atoms with Crippen molar-refractivity contribution in [1.82, 2.24) is 4.98 Å². The Bertz CT molecular complexity index is 569. The highest BCUT2D eigenvalue weighted by molar-refractivity contribution is 6.01. The molecule has 0 bridgehead atoms. The summed E-state index contributed by atoms with van der Waals surface area (Å²) in [6.07, 6.45) is 3.32. The van der Waals surface area contributed by atoms with E-state index in [-0.39, 0.29) is 5.84 Å². The number of oxime groups is 1. The first-order valence-corrected chi connectivity index (χ1v) is 5.89. The molecule has 0 atom stereocenters. The molecule has 2 aromatic rings. The number of aromatic nitrogens is 1. The molecule has 1 aromatic carbocycles. The number of nitrogens with zero attached hydrogens (tertiary/aromatic N) is 3. The standard InChI is InChI=1S/C14H16N4O/c1-18(10-11-5-3-2-4-6-11)13-9-16-8-7-12(13)14(15)17-19/h2-9,19H,10H2,1H3,(H2,15,17). The number of pyridine rings is 1. The average molecular weight is 256 g/mol. The van der Waals surface area contributed by atoms with Crippen molar-refractivity contribution in [3.63, 3.8) is 0 Å². The SMILES string of the molecule is CN(Cc1ccccc1)c1cnccc1/C(N)=N/O. The quantitative estimate of drug-likeness (QED) is 0.378. The summed E-state index contributed by atoms with van der Waals surface area (Å²) in [4.78, 5) is 6.10. The van der Waals surface area contributed by atoms with Gasteiger partial charge in [0.1, 0.15) is 0 Å². The highest BCUT2D eigenvalue weighted by Crippen LogP contribution is 2.19. The van der Waals surface area contributed by atoms with Crippen molar-refractivity contribution in [1.29, 1.82) is 0 Å². The molecule has 2 rings (SSSR count). The first-order valence-electron chi connectivity index (χ1n) is 5.89. The van der Waals surface area contributed by atoms with E-state index in [9.17, 15) is 0 Å². The van der Waals surface area contributed by atoms with Gasteiger partial charge in [-0.3, -0.25) is 4.98 Å². The minimum absolute atomic E-state index is 0.0808. The maximum Gasteiger partial charge on any atom is 0.172 e. The van der Waals surface area contributed by atoms with Crippen LogP contribution in [0.25, 0.3) is 0 Å². The van der Waals surface area contributed by atoms with Crippen molar-refractivity contribution in [2.75, 3.05) is 11.9 Å². The first-order chi connectivity index (χ1) is 9.22. The number of amidine groups is 1. The van der Waals surface area contributed by atoms with Gasteiger partial charge >= 0.3 is 0 Å². The Labute approximate surface area is 112 Å². The van der Waals surface area contributed by atoms with E-state index in [1.54, 1.807) is 18.5 Å². The molecular weight excluding hydrogens is 240 g/mol. The molecule has 3 N–H and O–H groups in total. The molecular formula is C14H16N4O. The van der Waals surface area contributed by atoms with Crippen LogP contribution in [0.2, 0.25) is 0 Å². The summed E-state index contributed by atoms with van der Waals surface area (Å²) in [5.41, 5.74) is 8.34. The lowest BCUT2D eigenvalue weighted by atomic mass is 10.1. The summed E-state index contributed by atoms with van der Waals surface area (Å²) < 4.78 is 0. The molecule has 0 aliphatic carbocycles. The van der Waals surface area contributed by atoms with Gasteiger partial charge in [0.15, 0.2) is 5.84 Å². The highest BCUT2D eigenvalue weighted by atomic mass is 16.4. The maximum atomic E-state index is 8.81. The summed E-state index contributed by atoms with van der Waals surface area (Å²) >= 11 is 0. The van der Waals surface area contributed by atoms with Crippen LogP contribution in [-0.4, -0.2) is 23.1 Å². The van der Waals surface area contributed by atoms with Crippen molar-refractivity contribution in [2.45, 2.75) is 6.54 Å². The summed E-state index contributed by atoms with van der Waals surface area (Å²) in [7, 11) is 1.94. The van der Waals surface area contributed by atoms with E-state index in [0.717, 1.165) is 12.2 Å². The van der Waals surface area contributed by atoms with Crippen LogP contribution in [0.15, 0.2) is 53.9 Å². The number of rotatable bonds is 4. The van der Waals surface area contributed by atoms with E-state index < -0.39 is 0 Å². The summed E-state index contributed by atoms with van der Waals surface area (Å²) in [5.74, 6) is 0.0808. The number of hydrogen-bond donors (Lipinski definition) is 2. The van der Waals surface area contributed by atoms with E-state index in [1.165, 1.54) is 5.56 Å². The van der Waals surface area contributed by atoms with Crippen LogP contribution in [0, 0.1) is 0 Å². The van der Waals surface area contributed by atoms with Crippen molar-refractivity contribution in [3.05, 3.63) is 59.9 Å². The van der Waals surface area contributed by atoms with Crippen LogP contribution < -0.4 is 10.6 Å². The molecule has 0 saturated carbocycles. The second-order valence-electron chi connectivity index (χ2n) is 4.22. The van der Waals surface area contributed by atoms with Crippen LogP contribution in [0.1, 0.15) is 11.1 Å². The monoisotopic (exact) mass is 256 g/mol. The zero-order chi connectivity index (χ0) is 13.7. The van der Waals surface area contributed by atoms with Gasteiger partial charge in [0.2, 0.25) is 0 Å². The molecule has 5 nitrogen and oxygen atoms in total. The van der Waals surface area contributed by atoms with Crippen LogP contribution >= 0.6 is 0 Å². The second kappa shape index (κ2) is 5.86. The van der Waals surface area contributed by atoms with E-state index in [2.05, 4.69) is 22.3 Å². The zero-order valence-electron chi connectivity index (χ0n) is 10.7. The fourth-order valence-electron chi connectivity index (χ4n) is 1.90. The van der Waals surface area contributed by atoms with Crippen LogP contribution in [0.4, 0.5) is 5.69 Å². The molecule has 0 spiro atoms. The molecule has 98 valence electrons. The molecule has 0 saturated heterocycles. The normalized spacial score (nSPS) is 11.3. The molecule has 5 heteroatoms. The Balaban J connectivity index is 2.27. The summed E-state index contributed by atoms with van der Waals surface area (Å²) in [5, 5.41) is 11.9. The largest absolute Gasteiger partial charge is 0.409 e. The summed E-state index contributed by atoms with van der Waals surface area (Å²) in [6, 6.07) is 11.8. The average Bonchev–Trinajstić information content (AvgIpc) is 2.47. The predicted molar refractivity (Wildman–Crippen MR) is 75.3 cm³/mol. The Morgan fingerprint density at radius 2 is 2.05 bits per heavy atom. The lowest BCUT2D eigenvalue weighted by Gasteiger charge is -2.21. The number of benzene rings is 1. The van der Waals surface area contributed by atoms with Gasteiger partial charge in [0.25, 0.3) is 0 Å². The third-order valence-corrected chi connectivity index (χ3v) is 2.86. The lowest BCUT2D eigenvalue weighted by Crippen LogP contribution is -2.22. The first kappa shape index (κ1) is 12.9. The number of hydrogen-bond acceptors (Lipinski definition) is 4. The highest BCUT2D eigenvalue weighted by Gasteiger charge is 2.11. The molecule has 1 heterocycles. The predicted octanol–water partition coefficient (Wildman–Crippen LogP) is 1.81. The lowest BCUT2D eigenvalue weighted by molar-refractivity contribution is 0.318. The van der Waals surface area contributed by atoms with Gasteiger partial charge in [-0.05, 0) is 11.6 Å². The fourth-order valence-corrected chi connectivity index (χ4v) is 1.90. The van der Waals surface area contributed by atoms with Crippen LogP contribution in [0.3, 0.4) is 0 Å². The Morgan fingerprint density at radius 1 is 1.32 bits per heavy atom. The number of anilines is 1. The topological polar surface area (TPSA) is 74.7 Å². The van der Waals surface area contributed by atoms with Gasteiger partial charge in [-0.1, -0.05) is 35.5 Å². The minimum Gasteiger partial charge on any atom is -0.409 e. The molecule has 0 radical (unpaired) electrons. The Hall–Kier alpha value is -2.56. The van der Waals surface area contributed by atoms with E-state index in [1.807, 2.05) is 30.1 Å². The molecule has 0 aliphatic rings. The third kappa shape index (κ3) is 3.01. The molecule has 0 unspecified atom stereocenters. The molecule has 1 aromatic heterocycles. The molecule has 0 amide bonds. The smallest absolute Gasteiger partial charge is 0.172 e. The van der Waals surface area contributed by atoms with Crippen molar-refractivity contribution < 1.29 is 5.21 Å². The molecule has 19 heavy (non-hydrogen) atoms. The van der Waals surface area contributed by atoms with Gasteiger partial charge in [-0.2, -0.15) is 0 Å². The molecule has 0 aliphatic heterocycles. The van der Waals surface area contributed by atoms with Gasteiger partial charge < -0.3 is 15.8 Å². The third-order valence-electron chi connectivity index (χ3n) is 2.86. The minimum atomic E-state index is 0.0808. The van der Waals surface area contributed by atoms with Gasteiger partial charge in [0, 0.05) is 25.4 Å². The maximum absolute atomic E-state index is 8.81. The van der Waals surface area contributed by atoms with Gasteiger partial charge in [-0.25, -0.2) is 0 Å². The molecule has 0 fully saturated rings.